The molecule has 1 aliphatic carbocycles. The lowest BCUT2D eigenvalue weighted by Gasteiger charge is -2.22. The normalized spacial score (nSPS) is 21.7. The van der Waals surface area contributed by atoms with Crippen LogP contribution in [0.4, 0.5) is 0 Å². The van der Waals surface area contributed by atoms with Crippen LogP contribution in [0.1, 0.15) is 37.2 Å². The van der Waals surface area contributed by atoms with Crippen molar-refractivity contribution in [1.29, 1.82) is 0 Å². The zero-order chi connectivity index (χ0) is 9.80. The van der Waals surface area contributed by atoms with Crippen molar-refractivity contribution in [2.45, 2.75) is 31.6 Å². The van der Waals surface area contributed by atoms with Crippen molar-refractivity contribution < 1.29 is 4.79 Å². The molecule has 14 heavy (non-hydrogen) atoms. The van der Waals surface area contributed by atoms with Crippen molar-refractivity contribution in [1.82, 2.24) is 4.98 Å². The molecule has 0 radical (unpaired) electrons. The molecular formula is C12H13NO. The van der Waals surface area contributed by atoms with Crippen LogP contribution in [0.2, 0.25) is 0 Å². The van der Waals surface area contributed by atoms with Crippen molar-refractivity contribution in [2.24, 2.45) is 0 Å². The lowest BCUT2D eigenvalue weighted by molar-refractivity contribution is 0.514. The Balaban J connectivity index is 2.16. The quantitative estimate of drug-likeness (QED) is 0.632. The molecule has 0 aromatic carbocycles. The Kier molecular flexibility index (Phi) is 2.76. The lowest BCUT2D eigenvalue weighted by atomic mass is 9.82. The monoisotopic (exact) mass is 187 g/mol. The van der Waals surface area contributed by atoms with E-state index in [4.69, 9.17) is 0 Å². The van der Waals surface area contributed by atoms with Gasteiger partial charge in [-0.05, 0) is 49.3 Å². The Bertz CT molecular complexity index is 352. The van der Waals surface area contributed by atoms with Gasteiger partial charge in [-0.2, -0.15) is 0 Å². The summed E-state index contributed by atoms with van der Waals surface area (Å²) in [5, 5.41) is 0. The Hall–Kier alpha value is -1.40. The van der Waals surface area contributed by atoms with E-state index in [1.54, 1.807) is 0 Å². The first-order valence-corrected chi connectivity index (χ1v) is 5.03. The molecule has 1 aliphatic rings. The third-order valence-electron chi connectivity index (χ3n) is 2.85. The smallest absolute Gasteiger partial charge is 0.123 e. The van der Waals surface area contributed by atoms with Gasteiger partial charge in [-0.15, -0.1) is 0 Å². The molecule has 72 valence electrons. The largest absolute Gasteiger partial charge is 0.265 e. The van der Waals surface area contributed by atoms with Gasteiger partial charge in [0.1, 0.15) is 5.94 Å². The molecule has 1 unspecified atom stereocenters. The molecule has 2 nitrogen and oxygen atoms in total. The first-order valence-electron chi connectivity index (χ1n) is 5.03. The van der Waals surface area contributed by atoms with Gasteiger partial charge in [0.25, 0.3) is 0 Å². The highest BCUT2D eigenvalue weighted by atomic mass is 16.1. The molecule has 0 spiro atoms. The van der Waals surface area contributed by atoms with E-state index in [0.717, 1.165) is 24.8 Å². The van der Waals surface area contributed by atoms with Crippen LogP contribution in [0.3, 0.4) is 0 Å². The summed E-state index contributed by atoms with van der Waals surface area (Å²) in [5.41, 5.74) is 2.24. The van der Waals surface area contributed by atoms with Crippen molar-refractivity contribution >= 4 is 5.94 Å². The summed E-state index contributed by atoms with van der Waals surface area (Å²) in [5.74, 6) is 2.56. The maximum absolute atomic E-state index is 10.6. The number of allylic oxidation sites excluding steroid dienone is 1. The van der Waals surface area contributed by atoms with E-state index in [2.05, 4.69) is 10.9 Å². The van der Waals surface area contributed by atoms with E-state index in [-0.39, 0.29) is 0 Å². The zero-order valence-electron chi connectivity index (χ0n) is 8.07. The fourth-order valence-electron chi connectivity index (χ4n) is 2.08. The highest BCUT2D eigenvalue weighted by molar-refractivity contribution is 5.53. The number of hydrogen-bond donors (Lipinski definition) is 0. The van der Waals surface area contributed by atoms with E-state index in [1.807, 2.05) is 24.5 Å². The van der Waals surface area contributed by atoms with Gasteiger partial charge >= 0.3 is 0 Å². The average molecular weight is 187 g/mol. The van der Waals surface area contributed by atoms with Crippen molar-refractivity contribution in [2.75, 3.05) is 0 Å². The molecule has 1 aromatic heterocycles. The van der Waals surface area contributed by atoms with E-state index in [0.29, 0.717) is 5.92 Å². The molecule has 1 atom stereocenters. The predicted molar refractivity (Wildman–Crippen MR) is 54.7 cm³/mol. The maximum atomic E-state index is 10.6. The second kappa shape index (κ2) is 4.21. The van der Waals surface area contributed by atoms with Gasteiger partial charge in [0.15, 0.2) is 0 Å². The van der Waals surface area contributed by atoms with Crippen LogP contribution in [0.25, 0.3) is 0 Å². The zero-order valence-corrected chi connectivity index (χ0v) is 8.07. The van der Waals surface area contributed by atoms with Crippen molar-refractivity contribution in [3.8, 4) is 0 Å². The molecule has 2 heteroatoms. The second-order valence-electron chi connectivity index (χ2n) is 3.78. The SMILES string of the molecule is O=C=C1CCCC(c2ccncc2)C1. The van der Waals surface area contributed by atoms with Crippen LogP contribution in [0.5, 0.6) is 0 Å². The molecule has 1 saturated carbocycles. The van der Waals surface area contributed by atoms with E-state index in [9.17, 15) is 4.79 Å². The standard InChI is InChI=1S/C12H13NO/c14-9-10-2-1-3-12(8-10)11-4-6-13-7-5-11/h4-7,12H,1-3,8H2. The predicted octanol–water partition coefficient (Wildman–Crippen LogP) is 2.50. The second-order valence-corrected chi connectivity index (χ2v) is 3.78. The Morgan fingerprint density at radius 3 is 2.86 bits per heavy atom. The van der Waals surface area contributed by atoms with Gasteiger partial charge in [0.05, 0.1) is 0 Å². The molecular weight excluding hydrogens is 174 g/mol. The Morgan fingerprint density at radius 2 is 2.14 bits per heavy atom. The van der Waals surface area contributed by atoms with Crippen LogP contribution in [0.15, 0.2) is 30.1 Å². The molecule has 0 bridgehead atoms. The van der Waals surface area contributed by atoms with E-state index < -0.39 is 0 Å². The summed E-state index contributed by atoms with van der Waals surface area (Å²) in [6.07, 6.45) is 7.73. The fourth-order valence-corrected chi connectivity index (χ4v) is 2.08. The van der Waals surface area contributed by atoms with Gasteiger partial charge in [-0.1, -0.05) is 0 Å². The summed E-state index contributed by atoms with van der Waals surface area (Å²) in [7, 11) is 0. The Labute approximate surface area is 83.7 Å². The summed E-state index contributed by atoms with van der Waals surface area (Å²) in [4.78, 5) is 14.6. The van der Waals surface area contributed by atoms with E-state index in [1.165, 1.54) is 12.0 Å². The van der Waals surface area contributed by atoms with Crippen LogP contribution < -0.4 is 0 Å². The number of hydrogen-bond acceptors (Lipinski definition) is 2. The lowest BCUT2D eigenvalue weighted by Crippen LogP contribution is -2.07. The minimum atomic E-state index is 0.503. The van der Waals surface area contributed by atoms with Crippen LogP contribution in [-0.2, 0) is 4.79 Å². The summed E-state index contributed by atoms with van der Waals surface area (Å²) in [6.45, 7) is 0. The molecule has 0 saturated heterocycles. The van der Waals surface area contributed by atoms with Gasteiger partial charge in [-0.25, -0.2) is 4.79 Å². The number of nitrogens with zero attached hydrogens (tertiary/aromatic N) is 1. The highest BCUT2D eigenvalue weighted by Crippen LogP contribution is 2.34. The third kappa shape index (κ3) is 1.91. The van der Waals surface area contributed by atoms with Gasteiger partial charge in [0.2, 0.25) is 0 Å². The summed E-state index contributed by atoms with van der Waals surface area (Å²) >= 11 is 0. The summed E-state index contributed by atoms with van der Waals surface area (Å²) < 4.78 is 0. The number of pyridine rings is 1. The Morgan fingerprint density at radius 1 is 1.36 bits per heavy atom. The molecule has 1 aromatic rings. The number of rotatable bonds is 1. The van der Waals surface area contributed by atoms with Gasteiger partial charge in [0, 0.05) is 18.0 Å². The topological polar surface area (TPSA) is 30.0 Å². The minimum Gasteiger partial charge on any atom is -0.265 e. The fraction of sp³-hybridized carbons (Fsp3) is 0.417. The molecule has 0 amide bonds. The van der Waals surface area contributed by atoms with E-state index >= 15 is 0 Å². The van der Waals surface area contributed by atoms with Crippen LogP contribution >= 0.6 is 0 Å². The maximum Gasteiger partial charge on any atom is 0.123 e. The first kappa shape index (κ1) is 9.17. The molecule has 1 fully saturated rings. The van der Waals surface area contributed by atoms with Gasteiger partial charge in [-0.3, -0.25) is 4.98 Å². The third-order valence-corrected chi connectivity index (χ3v) is 2.85. The van der Waals surface area contributed by atoms with Crippen LogP contribution in [0, 0.1) is 0 Å². The highest BCUT2D eigenvalue weighted by Gasteiger charge is 2.18. The van der Waals surface area contributed by atoms with Crippen LogP contribution in [-0.4, -0.2) is 10.9 Å². The molecule has 0 aliphatic heterocycles. The average Bonchev–Trinajstić information content (AvgIpc) is 2.30. The molecule has 1 heterocycles. The minimum absolute atomic E-state index is 0.503. The summed E-state index contributed by atoms with van der Waals surface area (Å²) in [6, 6.07) is 4.08. The van der Waals surface area contributed by atoms with Gasteiger partial charge < -0.3 is 0 Å². The molecule has 2 rings (SSSR count). The first-order chi connectivity index (χ1) is 6.90. The van der Waals surface area contributed by atoms with Crippen molar-refractivity contribution in [3.05, 3.63) is 35.7 Å². The number of aromatic nitrogens is 1. The van der Waals surface area contributed by atoms with Crippen molar-refractivity contribution in [3.63, 3.8) is 0 Å². The molecule has 0 N–H and O–H groups in total. The number of carbonyl (C=O) groups excluding carboxylic acids is 1.